The second-order valence-electron chi connectivity index (χ2n) is 7.21. The number of hydrogen-bond donors (Lipinski definition) is 0. The van der Waals surface area contributed by atoms with E-state index in [1.165, 1.54) is 23.5 Å². The van der Waals surface area contributed by atoms with E-state index in [0.29, 0.717) is 25.2 Å². The number of carbonyl (C=O) groups excluding carboxylic acids is 1. The number of halogens is 3. The number of rotatable bonds is 5. The fraction of sp³-hybridized carbons (Fsp3) is 0.364. The highest BCUT2D eigenvalue weighted by molar-refractivity contribution is 5.77. The van der Waals surface area contributed by atoms with Crippen LogP contribution in [0, 0.1) is 24.7 Å². The number of ether oxygens (including phenoxy) is 1. The van der Waals surface area contributed by atoms with Gasteiger partial charge in [-0.25, -0.2) is 0 Å². The van der Waals surface area contributed by atoms with Gasteiger partial charge in [-0.3, -0.25) is 14.5 Å². The van der Waals surface area contributed by atoms with Crippen LogP contribution in [0.5, 0.6) is 5.75 Å². The van der Waals surface area contributed by atoms with Crippen LogP contribution in [0.2, 0.25) is 0 Å². The molecule has 1 heterocycles. The van der Waals surface area contributed by atoms with Crippen molar-refractivity contribution in [2.24, 2.45) is 5.92 Å². The Labute approximate surface area is 172 Å². The summed E-state index contributed by atoms with van der Waals surface area (Å²) in [6.45, 7) is 1.20. The number of carbonyl (C=O) groups is 1. The van der Waals surface area contributed by atoms with E-state index in [1.54, 1.807) is 6.92 Å². The quantitative estimate of drug-likeness (QED) is 0.553. The summed E-state index contributed by atoms with van der Waals surface area (Å²) in [7, 11) is 0.623. The third kappa shape index (κ3) is 5.66. The minimum atomic E-state index is -4.78. The lowest BCUT2D eigenvalue weighted by Crippen LogP contribution is -2.42. The normalized spacial score (nSPS) is 13.4. The standard InChI is InChI=1S/C22H21F3N2O3/c1-15-11-19(30-14-21(29)26(2)22(23,24)25)12-20(28)27(15)13-18-9-7-17(8-10-18)6-5-16-3-4-16/h7-12,16H,3-4,13-14H2,1-2H3. The zero-order valence-electron chi connectivity index (χ0n) is 16.6. The van der Waals surface area contributed by atoms with Gasteiger partial charge in [-0.15, -0.1) is 13.2 Å². The summed E-state index contributed by atoms with van der Waals surface area (Å²) in [6, 6.07) is 10.3. The molecule has 0 N–H and O–H groups in total. The first-order chi connectivity index (χ1) is 14.1. The summed E-state index contributed by atoms with van der Waals surface area (Å²) in [5, 5.41) is 0. The summed E-state index contributed by atoms with van der Waals surface area (Å²) < 4.78 is 44.1. The van der Waals surface area contributed by atoms with Crippen molar-refractivity contribution in [2.45, 2.75) is 32.6 Å². The highest BCUT2D eigenvalue weighted by atomic mass is 19.4. The van der Waals surface area contributed by atoms with Crippen molar-refractivity contribution in [1.82, 2.24) is 9.47 Å². The Morgan fingerprint density at radius 2 is 1.90 bits per heavy atom. The van der Waals surface area contributed by atoms with Gasteiger partial charge in [-0.2, -0.15) is 0 Å². The van der Waals surface area contributed by atoms with Gasteiger partial charge in [-0.05, 0) is 43.5 Å². The number of pyridine rings is 1. The Bertz CT molecular complexity index is 1040. The van der Waals surface area contributed by atoms with Crippen LogP contribution in [-0.2, 0) is 11.3 Å². The zero-order chi connectivity index (χ0) is 21.9. The van der Waals surface area contributed by atoms with E-state index in [0.717, 1.165) is 17.2 Å². The number of aryl methyl sites for hydroxylation is 1. The van der Waals surface area contributed by atoms with Crippen LogP contribution in [-0.4, -0.2) is 35.3 Å². The second-order valence-corrected chi connectivity index (χ2v) is 7.21. The fourth-order valence-corrected chi connectivity index (χ4v) is 2.66. The molecule has 0 saturated heterocycles. The molecule has 158 valence electrons. The van der Waals surface area contributed by atoms with Gasteiger partial charge in [-0.1, -0.05) is 24.0 Å². The van der Waals surface area contributed by atoms with Crippen LogP contribution in [0.4, 0.5) is 13.2 Å². The zero-order valence-corrected chi connectivity index (χ0v) is 16.6. The molecule has 5 nitrogen and oxygen atoms in total. The maximum atomic E-state index is 12.5. The molecule has 0 bridgehead atoms. The average Bonchev–Trinajstić information content (AvgIpc) is 3.51. The molecular weight excluding hydrogens is 397 g/mol. The Hall–Kier alpha value is -3.21. The van der Waals surface area contributed by atoms with Crippen LogP contribution < -0.4 is 10.3 Å². The average molecular weight is 418 g/mol. The molecule has 1 saturated carbocycles. The molecule has 8 heteroatoms. The molecule has 1 aromatic carbocycles. The smallest absolute Gasteiger partial charge is 0.483 e. The Morgan fingerprint density at radius 1 is 1.23 bits per heavy atom. The molecule has 1 fully saturated rings. The predicted molar refractivity (Wildman–Crippen MR) is 105 cm³/mol. The molecular formula is C22H21F3N2O3. The van der Waals surface area contributed by atoms with Crippen LogP contribution in [0.25, 0.3) is 0 Å². The van der Waals surface area contributed by atoms with Crippen molar-refractivity contribution >= 4 is 5.91 Å². The highest BCUT2D eigenvalue weighted by Gasteiger charge is 2.37. The van der Waals surface area contributed by atoms with Gasteiger partial charge in [0, 0.05) is 30.3 Å². The maximum absolute atomic E-state index is 12.5. The Kier molecular flexibility index (Phi) is 6.20. The van der Waals surface area contributed by atoms with Crippen molar-refractivity contribution < 1.29 is 22.7 Å². The van der Waals surface area contributed by atoms with Crippen molar-refractivity contribution in [3.8, 4) is 17.6 Å². The number of amides is 1. The largest absolute Gasteiger partial charge is 0.486 e. The summed E-state index contributed by atoms with van der Waals surface area (Å²) >= 11 is 0. The summed E-state index contributed by atoms with van der Waals surface area (Å²) in [5.41, 5.74) is 2.02. The number of likely N-dealkylation sites (N-methyl/N-ethyl adjacent to an activating group) is 1. The first-order valence-corrected chi connectivity index (χ1v) is 9.41. The molecule has 2 aromatic rings. The van der Waals surface area contributed by atoms with E-state index >= 15 is 0 Å². The lowest BCUT2D eigenvalue weighted by atomic mass is 10.1. The lowest BCUT2D eigenvalue weighted by Gasteiger charge is -2.20. The number of alkyl halides is 3. The minimum Gasteiger partial charge on any atom is -0.483 e. The van der Waals surface area contributed by atoms with Crippen LogP contribution >= 0.6 is 0 Å². The summed E-state index contributed by atoms with van der Waals surface area (Å²) in [6.07, 6.45) is -2.45. The van der Waals surface area contributed by atoms with Gasteiger partial charge >= 0.3 is 6.30 Å². The number of aromatic nitrogens is 1. The first-order valence-electron chi connectivity index (χ1n) is 9.41. The molecule has 30 heavy (non-hydrogen) atoms. The third-order valence-corrected chi connectivity index (χ3v) is 4.72. The van der Waals surface area contributed by atoms with E-state index in [-0.39, 0.29) is 16.2 Å². The molecule has 0 aliphatic heterocycles. The van der Waals surface area contributed by atoms with Crippen molar-refractivity contribution in [3.63, 3.8) is 0 Å². The maximum Gasteiger partial charge on any atom is 0.486 e. The van der Waals surface area contributed by atoms with Crippen LogP contribution in [0.1, 0.15) is 29.7 Å². The Balaban J connectivity index is 1.65. The second kappa shape index (κ2) is 8.66. The van der Waals surface area contributed by atoms with E-state index < -0.39 is 18.8 Å². The molecule has 3 rings (SSSR count). The molecule has 0 unspecified atom stereocenters. The van der Waals surface area contributed by atoms with E-state index in [9.17, 15) is 22.8 Å². The molecule has 0 radical (unpaired) electrons. The molecule has 0 atom stereocenters. The third-order valence-electron chi connectivity index (χ3n) is 4.72. The number of benzene rings is 1. The monoisotopic (exact) mass is 418 g/mol. The van der Waals surface area contributed by atoms with Crippen molar-refractivity contribution in [1.29, 1.82) is 0 Å². The highest BCUT2D eigenvalue weighted by Crippen LogP contribution is 2.27. The van der Waals surface area contributed by atoms with E-state index in [1.807, 2.05) is 24.3 Å². The SMILES string of the molecule is Cc1cc(OCC(=O)N(C)C(F)(F)F)cc(=O)n1Cc1ccc(C#CC2CC2)cc1. The van der Waals surface area contributed by atoms with Gasteiger partial charge in [0.1, 0.15) is 5.75 Å². The molecule has 1 aromatic heterocycles. The van der Waals surface area contributed by atoms with Crippen molar-refractivity contribution in [3.05, 3.63) is 63.6 Å². The topological polar surface area (TPSA) is 51.5 Å². The van der Waals surface area contributed by atoms with Gasteiger partial charge in [0.25, 0.3) is 11.5 Å². The number of nitrogens with zero attached hydrogens (tertiary/aromatic N) is 2. The fourth-order valence-electron chi connectivity index (χ4n) is 2.66. The van der Waals surface area contributed by atoms with E-state index in [4.69, 9.17) is 4.74 Å². The van der Waals surface area contributed by atoms with Crippen LogP contribution in [0.15, 0.2) is 41.2 Å². The number of hydrogen-bond acceptors (Lipinski definition) is 3. The predicted octanol–water partition coefficient (Wildman–Crippen LogP) is 3.32. The van der Waals surface area contributed by atoms with Gasteiger partial charge in [0.2, 0.25) is 0 Å². The summed E-state index contributed by atoms with van der Waals surface area (Å²) in [5.74, 6) is 5.64. The van der Waals surface area contributed by atoms with Gasteiger partial charge < -0.3 is 9.30 Å². The lowest BCUT2D eigenvalue weighted by molar-refractivity contribution is -0.234. The first kappa shape index (κ1) is 21.5. The van der Waals surface area contributed by atoms with E-state index in [2.05, 4.69) is 11.8 Å². The van der Waals surface area contributed by atoms with Crippen molar-refractivity contribution in [2.75, 3.05) is 13.7 Å². The minimum absolute atomic E-state index is 0.0448. The van der Waals surface area contributed by atoms with Gasteiger partial charge in [0.15, 0.2) is 6.61 Å². The molecule has 1 aliphatic rings. The molecule has 0 spiro atoms. The summed E-state index contributed by atoms with van der Waals surface area (Å²) in [4.78, 5) is 23.6. The van der Waals surface area contributed by atoms with Gasteiger partial charge in [0.05, 0.1) is 6.54 Å². The molecule has 1 aliphatic carbocycles. The molecule has 1 amide bonds. The Morgan fingerprint density at radius 3 is 2.47 bits per heavy atom. The van der Waals surface area contributed by atoms with Crippen LogP contribution in [0.3, 0.4) is 0 Å².